The van der Waals surface area contributed by atoms with Crippen molar-refractivity contribution in [2.45, 2.75) is 40.4 Å². The number of aryl methyl sites for hydroxylation is 3. The number of hydrogen-bond acceptors (Lipinski definition) is 7. The molecule has 0 aliphatic rings. The Bertz CT molecular complexity index is 1740. The van der Waals surface area contributed by atoms with E-state index in [1.165, 1.54) is 7.11 Å². The predicted molar refractivity (Wildman–Crippen MR) is 150 cm³/mol. The summed E-state index contributed by atoms with van der Waals surface area (Å²) in [5, 5.41) is 7.34. The molecule has 39 heavy (non-hydrogen) atoms. The van der Waals surface area contributed by atoms with Gasteiger partial charge in [-0.3, -0.25) is 14.8 Å². The number of nitrogens with two attached hydrogens (primary N) is 1. The first kappa shape index (κ1) is 25.7. The largest absolute Gasteiger partial charge is 0.465 e. The number of nitrogen functional groups attached to an aromatic ring is 1. The van der Waals surface area contributed by atoms with Crippen LogP contribution in [0.15, 0.2) is 54.6 Å². The Labute approximate surface area is 224 Å². The van der Waals surface area contributed by atoms with Crippen LogP contribution in [0.1, 0.15) is 39.0 Å². The fourth-order valence-corrected chi connectivity index (χ4v) is 4.77. The number of nitrogens with one attached hydrogen (secondary N) is 1. The molecule has 0 aliphatic heterocycles. The third-order valence-electron chi connectivity index (χ3n) is 6.54. The molecule has 0 saturated heterocycles. The highest BCUT2D eigenvalue weighted by atomic mass is 16.5. The molecule has 5 rings (SSSR count). The van der Waals surface area contributed by atoms with Gasteiger partial charge < -0.3 is 19.6 Å². The average Bonchev–Trinajstić information content (AvgIpc) is 3.58. The van der Waals surface area contributed by atoms with Gasteiger partial charge in [-0.1, -0.05) is 24.3 Å². The van der Waals surface area contributed by atoms with Crippen molar-refractivity contribution in [3.8, 4) is 0 Å². The van der Waals surface area contributed by atoms with E-state index < -0.39 is 5.97 Å². The highest BCUT2D eigenvalue weighted by Crippen LogP contribution is 2.25. The minimum Gasteiger partial charge on any atom is -0.465 e. The summed E-state index contributed by atoms with van der Waals surface area (Å²) >= 11 is 0. The molecule has 0 saturated carbocycles. The molecule has 0 spiro atoms. The summed E-state index contributed by atoms with van der Waals surface area (Å²) < 4.78 is 10.4. The second kappa shape index (κ2) is 10.4. The first-order valence-electron chi connectivity index (χ1n) is 12.6. The molecular formula is C28H30N8O3. The van der Waals surface area contributed by atoms with Gasteiger partial charge in [0.05, 0.1) is 40.4 Å². The monoisotopic (exact) mass is 526 g/mol. The van der Waals surface area contributed by atoms with Gasteiger partial charge in [0.1, 0.15) is 5.69 Å². The van der Waals surface area contributed by atoms with Crippen molar-refractivity contribution in [1.29, 1.82) is 0 Å². The number of para-hydroxylation sites is 2. The molecule has 0 fully saturated rings. The van der Waals surface area contributed by atoms with Crippen LogP contribution in [0, 0.1) is 13.8 Å². The minimum atomic E-state index is -0.419. The van der Waals surface area contributed by atoms with Gasteiger partial charge in [0.25, 0.3) is 5.91 Å². The zero-order chi connectivity index (χ0) is 27.7. The van der Waals surface area contributed by atoms with Crippen molar-refractivity contribution in [1.82, 2.24) is 28.9 Å². The molecule has 0 atom stereocenters. The Kier molecular flexibility index (Phi) is 6.88. The number of allylic oxidation sites excluding steroid dienone is 2. The summed E-state index contributed by atoms with van der Waals surface area (Å²) in [6.45, 7) is 7.25. The molecule has 0 bridgehead atoms. The van der Waals surface area contributed by atoms with E-state index in [4.69, 9.17) is 10.5 Å². The second-order valence-electron chi connectivity index (χ2n) is 9.18. The van der Waals surface area contributed by atoms with E-state index in [9.17, 15) is 9.59 Å². The molecule has 1 amide bonds. The number of imidazole rings is 2. The fourth-order valence-electron chi connectivity index (χ4n) is 4.77. The molecule has 5 aromatic rings. The zero-order valence-corrected chi connectivity index (χ0v) is 22.3. The summed E-state index contributed by atoms with van der Waals surface area (Å²) in [5.74, 6) is 0.116. The second-order valence-corrected chi connectivity index (χ2v) is 9.18. The van der Waals surface area contributed by atoms with Crippen LogP contribution in [-0.4, -0.2) is 47.9 Å². The summed E-state index contributed by atoms with van der Waals surface area (Å²) in [6, 6.07) is 13.0. The molecule has 0 unspecified atom stereocenters. The fraction of sp³-hybridized carbons (Fsp3) is 0.250. The van der Waals surface area contributed by atoms with Crippen LogP contribution in [0.3, 0.4) is 0 Å². The number of fused-ring (bicyclic) bond motifs is 2. The van der Waals surface area contributed by atoms with Crippen LogP contribution >= 0.6 is 0 Å². The van der Waals surface area contributed by atoms with Crippen molar-refractivity contribution >= 4 is 45.8 Å². The number of methoxy groups -OCH3 is 1. The van der Waals surface area contributed by atoms with E-state index in [2.05, 4.69) is 20.4 Å². The van der Waals surface area contributed by atoms with Crippen LogP contribution < -0.4 is 11.1 Å². The van der Waals surface area contributed by atoms with Crippen LogP contribution in [0.25, 0.3) is 22.1 Å². The van der Waals surface area contributed by atoms with Gasteiger partial charge in [0, 0.05) is 19.6 Å². The number of rotatable bonds is 8. The summed E-state index contributed by atoms with van der Waals surface area (Å²) in [4.78, 5) is 34.2. The number of amides is 1. The number of nitrogens with zero attached hydrogens (tertiary/aromatic N) is 6. The molecule has 11 heteroatoms. The number of carbonyl (C=O) groups is 2. The number of benzene rings is 2. The van der Waals surface area contributed by atoms with Crippen molar-refractivity contribution < 1.29 is 14.3 Å². The third kappa shape index (κ3) is 4.86. The normalized spacial score (nSPS) is 11.6. The Morgan fingerprint density at radius 1 is 1.03 bits per heavy atom. The highest BCUT2D eigenvalue weighted by molar-refractivity contribution is 6.03. The molecule has 11 nitrogen and oxygen atoms in total. The molecule has 200 valence electrons. The van der Waals surface area contributed by atoms with Crippen LogP contribution in [0.4, 0.5) is 11.9 Å². The van der Waals surface area contributed by atoms with Crippen LogP contribution in [0.5, 0.6) is 0 Å². The standard InChI is InChI=1S/C28H30N8O3/c1-5-36-23(15-18(3)33-36)25(37)32-28-31-20-10-6-7-11-22(20)34(28)12-8-9-13-35-24-17(2)14-19(26(38)39-4)16-21(24)30-27(35)29/h6-11,14-16H,5,12-13H2,1-4H3,(H2,29,30)(H,31,32,37)/b9-8+. The summed E-state index contributed by atoms with van der Waals surface area (Å²) in [6.07, 6.45) is 3.98. The van der Waals surface area contributed by atoms with Crippen molar-refractivity contribution in [2.24, 2.45) is 0 Å². The van der Waals surface area contributed by atoms with E-state index in [0.717, 1.165) is 27.8 Å². The van der Waals surface area contributed by atoms with Gasteiger partial charge in [-0.05, 0) is 56.7 Å². The van der Waals surface area contributed by atoms with Crippen molar-refractivity contribution in [3.05, 3.63) is 77.1 Å². The predicted octanol–water partition coefficient (Wildman–Crippen LogP) is 4.10. The van der Waals surface area contributed by atoms with E-state index in [1.54, 1.807) is 22.9 Å². The lowest BCUT2D eigenvalue weighted by Crippen LogP contribution is -2.19. The smallest absolute Gasteiger partial charge is 0.337 e. The highest BCUT2D eigenvalue weighted by Gasteiger charge is 2.18. The summed E-state index contributed by atoms with van der Waals surface area (Å²) in [7, 11) is 1.35. The maximum absolute atomic E-state index is 13.1. The molecule has 3 N–H and O–H groups in total. The lowest BCUT2D eigenvalue weighted by Gasteiger charge is -2.09. The van der Waals surface area contributed by atoms with Gasteiger partial charge in [-0.15, -0.1) is 0 Å². The average molecular weight is 527 g/mol. The van der Waals surface area contributed by atoms with Gasteiger partial charge in [0.15, 0.2) is 0 Å². The Morgan fingerprint density at radius 2 is 1.77 bits per heavy atom. The molecule has 0 aliphatic carbocycles. The van der Waals surface area contributed by atoms with Crippen molar-refractivity contribution in [3.63, 3.8) is 0 Å². The zero-order valence-electron chi connectivity index (χ0n) is 22.3. The molecule has 3 aromatic heterocycles. The topological polar surface area (TPSA) is 135 Å². The van der Waals surface area contributed by atoms with E-state index in [-0.39, 0.29) is 5.91 Å². The van der Waals surface area contributed by atoms with Crippen LogP contribution in [0.2, 0.25) is 0 Å². The lowest BCUT2D eigenvalue weighted by atomic mass is 10.1. The van der Waals surface area contributed by atoms with Crippen molar-refractivity contribution in [2.75, 3.05) is 18.2 Å². The first-order valence-corrected chi connectivity index (χ1v) is 12.6. The number of esters is 1. The molecule has 2 aromatic carbocycles. The molecular weight excluding hydrogens is 496 g/mol. The maximum atomic E-state index is 13.1. The number of hydrogen-bond donors (Lipinski definition) is 2. The Morgan fingerprint density at radius 3 is 2.51 bits per heavy atom. The lowest BCUT2D eigenvalue weighted by molar-refractivity contribution is 0.0600. The maximum Gasteiger partial charge on any atom is 0.337 e. The van der Waals surface area contributed by atoms with Gasteiger partial charge in [-0.25, -0.2) is 14.8 Å². The third-order valence-corrected chi connectivity index (χ3v) is 6.54. The van der Waals surface area contributed by atoms with E-state index in [1.807, 2.05) is 66.3 Å². The quantitative estimate of drug-likeness (QED) is 0.230. The SMILES string of the molecule is CCn1nc(C)cc1C(=O)Nc1nc2ccccc2n1C/C=C/Cn1c(N)nc2cc(C(=O)OC)cc(C)c21. The van der Waals surface area contributed by atoms with Gasteiger partial charge in [0.2, 0.25) is 11.9 Å². The Hall–Kier alpha value is -4.93. The Balaban J connectivity index is 1.40. The van der Waals surface area contributed by atoms with Gasteiger partial charge in [-0.2, -0.15) is 5.10 Å². The molecule has 3 heterocycles. The molecule has 0 radical (unpaired) electrons. The van der Waals surface area contributed by atoms with E-state index >= 15 is 0 Å². The van der Waals surface area contributed by atoms with E-state index in [0.29, 0.717) is 48.3 Å². The minimum absolute atomic E-state index is 0.266. The first-order chi connectivity index (χ1) is 18.8. The van der Waals surface area contributed by atoms with Crippen LogP contribution in [-0.2, 0) is 24.4 Å². The van der Waals surface area contributed by atoms with Gasteiger partial charge >= 0.3 is 5.97 Å². The number of ether oxygens (including phenoxy) is 1. The number of carbonyl (C=O) groups excluding carboxylic acids is 2. The summed E-state index contributed by atoms with van der Waals surface area (Å²) in [5.41, 5.74) is 12.0. The number of anilines is 2. The number of aromatic nitrogens is 6.